The van der Waals surface area contributed by atoms with Gasteiger partial charge in [0, 0.05) is 20.1 Å². The average molecular weight is 335 g/mol. The highest BCUT2D eigenvalue weighted by Gasteiger charge is 2.34. The smallest absolute Gasteiger partial charge is 0.419 e. The summed E-state index contributed by atoms with van der Waals surface area (Å²) in [5, 5.41) is 11.1. The molecule has 0 heterocycles. The van der Waals surface area contributed by atoms with Gasteiger partial charge in [0.2, 0.25) is 0 Å². The van der Waals surface area contributed by atoms with Crippen LogP contribution in [-0.4, -0.2) is 43.3 Å². The van der Waals surface area contributed by atoms with Crippen LogP contribution in [0.2, 0.25) is 0 Å². The molecule has 0 bridgehead atoms. The van der Waals surface area contributed by atoms with Crippen molar-refractivity contribution in [2.45, 2.75) is 18.6 Å². The number of nitrogens with one attached hydrogen (secondary N) is 1. The minimum atomic E-state index is -4.62. The van der Waals surface area contributed by atoms with E-state index in [1.54, 1.807) is 0 Å². The summed E-state index contributed by atoms with van der Waals surface area (Å²) in [6.07, 6.45) is -4.59. The van der Waals surface area contributed by atoms with Crippen LogP contribution in [-0.2, 0) is 20.5 Å². The molecule has 1 atom stereocenters. The highest BCUT2D eigenvalue weighted by atomic mass is 19.4. The van der Waals surface area contributed by atoms with E-state index in [9.17, 15) is 22.8 Å². The highest BCUT2D eigenvalue weighted by Crippen LogP contribution is 2.35. The quantitative estimate of drug-likeness (QED) is 0.755. The van der Waals surface area contributed by atoms with E-state index in [4.69, 9.17) is 14.6 Å². The number of methoxy groups -OCH3 is 1. The first-order chi connectivity index (χ1) is 10.8. The number of hydrogen-bond donors (Lipinski definition) is 2. The molecule has 0 aromatic heterocycles. The van der Waals surface area contributed by atoms with Crippen LogP contribution in [0.4, 0.5) is 13.2 Å². The van der Waals surface area contributed by atoms with Gasteiger partial charge in [-0.2, -0.15) is 13.2 Å². The van der Waals surface area contributed by atoms with Gasteiger partial charge >= 0.3 is 12.1 Å². The molecule has 0 fully saturated rings. The summed E-state index contributed by atoms with van der Waals surface area (Å²) < 4.78 is 47.8. The molecule has 1 unspecified atom stereocenters. The molecule has 0 spiro atoms. The van der Waals surface area contributed by atoms with Gasteiger partial charge in [-0.05, 0) is 12.1 Å². The third kappa shape index (κ3) is 6.15. The van der Waals surface area contributed by atoms with Crippen molar-refractivity contribution in [1.82, 2.24) is 5.32 Å². The minimum Gasteiger partial charge on any atom is -0.483 e. The lowest BCUT2D eigenvalue weighted by Crippen LogP contribution is -2.43. The molecule has 2 N–H and O–H groups in total. The monoisotopic (exact) mass is 335 g/mol. The van der Waals surface area contributed by atoms with Gasteiger partial charge < -0.3 is 19.9 Å². The number of hydrogen-bond acceptors (Lipinski definition) is 4. The van der Waals surface area contributed by atoms with Crippen molar-refractivity contribution in [3.8, 4) is 5.75 Å². The lowest BCUT2D eigenvalue weighted by atomic mass is 10.2. The predicted molar refractivity (Wildman–Crippen MR) is 73.0 cm³/mol. The number of halogens is 3. The lowest BCUT2D eigenvalue weighted by Gasteiger charge is -2.16. The molecular weight excluding hydrogens is 319 g/mol. The molecule has 9 heteroatoms. The summed E-state index contributed by atoms with van der Waals surface area (Å²) in [5.74, 6) is -2.62. The van der Waals surface area contributed by atoms with Crippen molar-refractivity contribution in [3.63, 3.8) is 0 Å². The van der Waals surface area contributed by atoms with Crippen molar-refractivity contribution in [2.75, 3.05) is 20.3 Å². The molecule has 0 radical (unpaired) electrons. The number of carbonyl (C=O) groups excluding carboxylic acids is 1. The number of benzene rings is 1. The molecule has 6 nitrogen and oxygen atoms in total. The second kappa shape index (κ2) is 8.37. The molecule has 0 saturated heterocycles. The third-order valence-corrected chi connectivity index (χ3v) is 2.80. The summed E-state index contributed by atoms with van der Waals surface area (Å²) in [7, 11) is 1.37. The van der Waals surface area contributed by atoms with Crippen LogP contribution in [0.5, 0.6) is 5.75 Å². The first-order valence-electron chi connectivity index (χ1n) is 6.56. The molecule has 23 heavy (non-hydrogen) atoms. The Morgan fingerprint density at radius 3 is 2.52 bits per heavy atom. The van der Waals surface area contributed by atoms with Gasteiger partial charge in [-0.1, -0.05) is 12.1 Å². The Labute approximate surface area is 130 Å². The standard InChI is InChI=1S/C14H16F3NO5/c1-22-7-6-10(13(20)21)18-12(19)8-23-11-5-3-2-4-9(11)14(15,16)17/h2-5,10H,6-8H2,1H3,(H,18,19)(H,20,21). The number of amides is 1. The molecule has 0 aliphatic heterocycles. The van der Waals surface area contributed by atoms with Crippen LogP contribution >= 0.6 is 0 Å². The van der Waals surface area contributed by atoms with Crippen molar-refractivity contribution < 1.29 is 37.3 Å². The van der Waals surface area contributed by atoms with E-state index in [2.05, 4.69) is 5.32 Å². The summed E-state index contributed by atoms with van der Waals surface area (Å²) >= 11 is 0. The summed E-state index contributed by atoms with van der Waals surface area (Å²) in [4.78, 5) is 22.6. The average Bonchev–Trinajstić information content (AvgIpc) is 2.48. The first kappa shape index (κ1) is 18.8. The maximum Gasteiger partial charge on any atom is 0.419 e. The zero-order valence-corrected chi connectivity index (χ0v) is 12.2. The fourth-order valence-corrected chi connectivity index (χ4v) is 1.70. The summed E-state index contributed by atoms with van der Waals surface area (Å²) in [5.41, 5.74) is -1.01. The number of alkyl halides is 3. The van der Waals surface area contributed by atoms with Gasteiger partial charge in [0.25, 0.3) is 5.91 Å². The fraction of sp³-hybridized carbons (Fsp3) is 0.429. The Bertz CT molecular complexity index is 547. The number of para-hydroxylation sites is 1. The minimum absolute atomic E-state index is 0.0245. The molecule has 1 aromatic carbocycles. The van der Waals surface area contributed by atoms with Crippen LogP contribution in [0.25, 0.3) is 0 Å². The molecule has 0 aliphatic rings. The number of carbonyl (C=O) groups is 2. The Hall–Kier alpha value is -2.29. The second-order valence-corrected chi connectivity index (χ2v) is 4.52. The highest BCUT2D eigenvalue weighted by molar-refractivity contribution is 5.84. The van der Waals surface area contributed by atoms with Gasteiger partial charge in [0.05, 0.1) is 5.56 Å². The Morgan fingerprint density at radius 1 is 1.30 bits per heavy atom. The zero-order valence-electron chi connectivity index (χ0n) is 12.2. The van der Waals surface area contributed by atoms with E-state index < -0.39 is 42.0 Å². The van der Waals surface area contributed by atoms with Gasteiger partial charge in [-0.15, -0.1) is 0 Å². The SMILES string of the molecule is COCCC(NC(=O)COc1ccccc1C(F)(F)F)C(=O)O. The lowest BCUT2D eigenvalue weighted by molar-refractivity contribution is -0.142. The van der Waals surface area contributed by atoms with Gasteiger partial charge in [0.1, 0.15) is 11.8 Å². The van der Waals surface area contributed by atoms with Crippen LogP contribution in [0, 0.1) is 0 Å². The number of carboxylic acid groups (broad SMARTS) is 1. The Morgan fingerprint density at radius 2 is 1.96 bits per heavy atom. The van der Waals surface area contributed by atoms with E-state index in [-0.39, 0.29) is 13.0 Å². The Balaban J connectivity index is 2.64. The molecule has 0 saturated carbocycles. The molecule has 1 amide bonds. The van der Waals surface area contributed by atoms with Crippen molar-refractivity contribution in [2.24, 2.45) is 0 Å². The molecule has 1 aromatic rings. The maximum atomic E-state index is 12.8. The van der Waals surface area contributed by atoms with Crippen LogP contribution in [0.1, 0.15) is 12.0 Å². The Kier molecular flexibility index (Phi) is 6.83. The molecular formula is C14H16F3NO5. The molecule has 0 aliphatic carbocycles. The number of aliphatic carboxylic acids is 1. The number of ether oxygens (including phenoxy) is 2. The van der Waals surface area contributed by atoms with Gasteiger partial charge in [-0.25, -0.2) is 4.79 Å². The number of rotatable bonds is 8. The van der Waals surface area contributed by atoms with E-state index in [1.165, 1.54) is 19.2 Å². The first-order valence-corrected chi connectivity index (χ1v) is 6.56. The summed E-state index contributed by atoms with van der Waals surface area (Å²) in [6, 6.07) is 3.23. The van der Waals surface area contributed by atoms with Crippen LogP contribution in [0.15, 0.2) is 24.3 Å². The summed E-state index contributed by atoms with van der Waals surface area (Å²) in [6.45, 7) is -0.626. The van der Waals surface area contributed by atoms with Crippen molar-refractivity contribution >= 4 is 11.9 Å². The second-order valence-electron chi connectivity index (χ2n) is 4.52. The van der Waals surface area contributed by atoms with E-state index in [0.29, 0.717) is 0 Å². The normalized spacial score (nSPS) is 12.5. The van der Waals surface area contributed by atoms with Gasteiger partial charge in [0.15, 0.2) is 6.61 Å². The van der Waals surface area contributed by atoms with E-state index in [0.717, 1.165) is 12.1 Å². The maximum absolute atomic E-state index is 12.8. The largest absolute Gasteiger partial charge is 0.483 e. The predicted octanol–water partition coefficient (Wildman–Crippen LogP) is 1.69. The molecule has 1 rings (SSSR count). The van der Waals surface area contributed by atoms with E-state index >= 15 is 0 Å². The molecule has 128 valence electrons. The topological polar surface area (TPSA) is 84.9 Å². The van der Waals surface area contributed by atoms with Crippen LogP contribution in [0.3, 0.4) is 0 Å². The third-order valence-electron chi connectivity index (χ3n) is 2.80. The van der Waals surface area contributed by atoms with E-state index in [1.807, 2.05) is 0 Å². The zero-order chi connectivity index (χ0) is 17.5. The van der Waals surface area contributed by atoms with Crippen molar-refractivity contribution in [3.05, 3.63) is 29.8 Å². The number of carboxylic acids is 1. The van der Waals surface area contributed by atoms with Crippen molar-refractivity contribution in [1.29, 1.82) is 0 Å². The van der Waals surface area contributed by atoms with Gasteiger partial charge in [-0.3, -0.25) is 4.79 Å². The van der Waals surface area contributed by atoms with Crippen LogP contribution < -0.4 is 10.1 Å². The fourth-order valence-electron chi connectivity index (χ4n) is 1.70.